The highest BCUT2D eigenvalue weighted by Gasteiger charge is 2.11. The Hall–Kier alpha value is -3.09. The molecule has 142 valence electrons. The summed E-state index contributed by atoms with van der Waals surface area (Å²) in [6, 6.07) is 11.4. The van der Waals surface area contributed by atoms with Crippen molar-refractivity contribution < 1.29 is 9.90 Å². The van der Waals surface area contributed by atoms with Gasteiger partial charge in [0.2, 0.25) is 5.13 Å². The van der Waals surface area contributed by atoms with Crippen molar-refractivity contribution in [2.24, 2.45) is 10.2 Å². The van der Waals surface area contributed by atoms with Crippen molar-refractivity contribution in [3.63, 3.8) is 0 Å². The van der Waals surface area contributed by atoms with Gasteiger partial charge in [0.25, 0.3) is 0 Å². The first-order chi connectivity index (χ1) is 13.5. The third-order valence-corrected chi connectivity index (χ3v) is 5.96. The van der Waals surface area contributed by atoms with E-state index in [-0.39, 0.29) is 5.57 Å². The molecule has 1 aromatic carbocycles. The molecule has 7 nitrogen and oxygen atoms in total. The van der Waals surface area contributed by atoms with E-state index >= 15 is 0 Å². The topological polar surface area (TPSA) is 102 Å². The quantitative estimate of drug-likeness (QED) is 0.309. The molecule has 2 heterocycles. The van der Waals surface area contributed by atoms with Gasteiger partial charge in [-0.25, -0.2) is 9.78 Å². The maximum atomic E-state index is 10.9. The van der Waals surface area contributed by atoms with Crippen LogP contribution >= 0.6 is 22.7 Å². The van der Waals surface area contributed by atoms with Gasteiger partial charge in [-0.3, -0.25) is 0 Å². The van der Waals surface area contributed by atoms with Gasteiger partial charge in [0.15, 0.2) is 0 Å². The number of nitrogens with zero attached hydrogens (tertiary/aromatic N) is 5. The fourth-order valence-electron chi connectivity index (χ4n) is 2.56. The minimum absolute atomic E-state index is 0.304. The molecule has 9 heteroatoms. The first kappa shape index (κ1) is 19.7. The van der Waals surface area contributed by atoms with Crippen LogP contribution < -0.4 is 4.90 Å². The molecule has 0 unspecified atom stereocenters. The van der Waals surface area contributed by atoms with Gasteiger partial charge in [-0.05, 0) is 50.3 Å². The largest absolute Gasteiger partial charge is 0.477 e. The van der Waals surface area contributed by atoms with Crippen LogP contribution in [0.1, 0.15) is 18.7 Å². The molecule has 0 bridgehead atoms. The van der Waals surface area contributed by atoms with Gasteiger partial charge in [-0.1, -0.05) is 11.3 Å². The maximum absolute atomic E-state index is 10.9. The second-order valence-electron chi connectivity index (χ2n) is 5.68. The van der Waals surface area contributed by atoms with Crippen LogP contribution in [0.15, 0.2) is 46.1 Å². The Bertz CT molecular complexity index is 1050. The molecule has 1 N–H and O–H groups in total. The van der Waals surface area contributed by atoms with Crippen LogP contribution in [0, 0.1) is 11.3 Å². The van der Waals surface area contributed by atoms with Crippen molar-refractivity contribution in [3.8, 4) is 6.07 Å². The molecular formula is C19H17N5O2S2. The first-order valence-electron chi connectivity index (χ1n) is 8.56. The number of anilines is 1. The van der Waals surface area contributed by atoms with Crippen LogP contribution in [0.25, 0.3) is 15.6 Å². The second kappa shape index (κ2) is 8.73. The van der Waals surface area contributed by atoms with Crippen LogP contribution in [0.5, 0.6) is 0 Å². The molecule has 0 radical (unpaired) electrons. The normalized spacial score (nSPS) is 11.8. The summed E-state index contributed by atoms with van der Waals surface area (Å²) in [4.78, 5) is 19.0. The molecule has 0 aliphatic heterocycles. The summed E-state index contributed by atoms with van der Waals surface area (Å²) in [5.74, 6) is -1.24. The lowest BCUT2D eigenvalue weighted by Crippen LogP contribution is -2.21. The van der Waals surface area contributed by atoms with E-state index in [1.54, 1.807) is 12.1 Å². The number of hydrogen-bond donors (Lipinski definition) is 1. The highest BCUT2D eigenvalue weighted by atomic mass is 32.1. The summed E-state index contributed by atoms with van der Waals surface area (Å²) in [6.45, 7) is 6.14. The number of carboxylic acids is 1. The molecule has 0 spiro atoms. The van der Waals surface area contributed by atoms with Gasteiger partial charge in [0, 0.05) is 23.7 Å². The van der Waals surface area contributed by atoms with Crippen LogP contribution in [0.2, 0.25) is 0 Å². The van der Waals surface area contributed by atoms with Crippen molar-refractivity contribution in [1.29, 1.82) is 5.26 Å². The monoisotopic (exact) mass is 411 g/mol. The number of fused-ring (bicyclic) bond motifs is 1. The third kappa shape index (κ3) is 4.42. The maximum Gasteiger partial charge on any atom is 0.346 e. The van der Waals surface area contributed by atoms with Gasteiger partial charge in [-0.2, -0.15) is 5.26 Å². The standard InChI is InChI=1S/C19H17N5O2S2/c1-3-24(4-2)14-7-5-13(6-8-14)22-23-19-21-17-16(28-19)10-15(27-17)9-12(11-20)18(25)26/h5-10H,3-4H2,1-2H3,(H,25,26)/b12-9+,23-22?. The predicted molar refractivity (Wildman–Crippen MR) is 113 cm³/mol. The molecule has 3 rings (SSSR count). The predicted octanol–water partition coefficient (Wildman–Crippen LogP) is 5.61. The Morgan fingerprint density at radius 2 is 1.96 bits per heavy atom. The molecule has 0 saturated heterocycles. The number of thiophene rings is 1. The van der Waals surface area contributed by atoms with Crippen LogP contribution in [-0.4, -0.2) is 29.1 Å². The van der Waals surface area contributed by atoms with Gasteiger partial charge in [0.1, 0.15) is 16.5 Å². The number of aromatic nitrogens is 1. The van der Waals surface area contributed by atoms with E-state index in [1.165, 1.54) is 28.7 Å². The highest BCUT2D eigenvalue weighted by molar-refractivity contribution is 7.29. The Morgan fingerprint density at radius 1 is 1.25 bits per heavy atom. The zero-order chi connectivity index (χ0) is 20.1. The van der Waals surface area contributed by atoms with E-state index in [9.17, 15) is 4.79 Å². The third-order valence-electron chi connectivity index (χ3n) is 3.96. The second-order valence-corrected chi connectivity index (χ2v) is 7.75. The van der Waals surface area contributed by atoms with Gasteiger partial charge < -0.3 is 10.0 Å². The molecule has 2 aromatic heterocycles. The zero-order valence-electron chi connectivity index (χ0n) is 15.3. The van der Waals surface area contributed by atoms with Crippen molar-refractivity contribution in [2.75, 3.05) is 18.0 Å². The Kier molecular flexibility index (Phi) is 6.13. The summed E-state index contributed by atoms with van der Waals surface area (Å²) in [6.07, 6.45) is 1.35. The van der Waals surface area contributed by atoms with E-state index in [0.29, 0.717) is 10.0 Å². The van der Waals surface area contributed by atoms with Gasteiger partial charge in [-0.15, -0.1) is 21.6 Å². The Balaban J connectivity index is 1.75. The number of carbonyl (C=O) groups is 1. The number of nitriles is 1. The summed E-state index contributed by atoms with van der Waals surface area (Å²) in [7, 11) is 0. The number of rotatable bonds is 7. The molecule has 0 aliphatic rings. The van der Waals surface area contributed by atoms with Crippen LogP contribution in [0.3, 0.4) is 0 Å². The first-order valence-corrected chi connectivity index (χ1v) is 10.2. The lowest BCUT2D eigenvalue weighted by molar-refractivity contribution is -0.132. The summed E-state index contributed by atoms with van der Waals surface area (Å²) in [5, 5.41) is 26.7. The Morgan fingerprint density at radius 3 is 2.54 bits per heavy atom. The number of thiazole rings is 1. The molecule has 0 saturated carbocycles. The fourth-order valence-corrected chi connectivity index (χ4v) is 4.54. The molecule has 28 heavy (non-hydrogen) atoms. The zero-order valence-corrected chi connectivity index (χ0v) is 16.9. The van der Waals surface area contributed by atoms with E-state index in [0.717, 1.165) is 34.0 Å². The van der Waals surface area contributed by atoms with E-state index in [2.05, 4.69) is 34.0 Å². The minimum atomic E-state index is -1.24. The van der Waals surface area contributed by atoms with E-state index in [1.807, 2.05) is 24.3 Å². The molecule has 0 fully saturated rings. The lowest BCUT2D eigenvalue weighted by atomic mass is 10.2. The van der Waals surface area contributed by atoms with Crippen molar-refractivity contribution in [2.45, 2.75) is 13.8 Å². The lowest BCUT2D eigenvalue weighted by Gasteiger charge is -2.20. The average Bonchev–Trinajstić information content (AvgIpc) is 3.24. The van der Waals surface area contributed by atoms with E-state index in [4.69, 9.17) is 10.4 Å². The summed E-state index contributed by atoms with van der Waals surface area (Å²) >= 11 is 2.68. The van der Waals surface area contributed by atoms with Crippen LogP contribution in [-0.2, 0) is 4.79 Å². The highest BCUT2D eigenvalue weighted by Crippen LogP contribution is 2.35. The molecule has 0 aliphatic carbocycles. The number of carboxylic acid groups (broad SMARTS) is 1. The number of azo groups is 1. The van der Waals surface area contributed by atoms with Crippen LogP contribution in [0.4, 0.5) is 16.5 Å². The SMILES string of the molecule is CCN(CC)c1ccc(N=Nc2nc3sc(/C=C(\C#N)C(=O)O)cc3s2)cc1. The molecule has 0 atom stereocenters. The molecule has 3 aromatic rings. The number of aliphatic carboxylic acids is 1. The number of hydrogen-bond acceptors (Lipinski definition) is 8. The summed E-state index contributed by atoms with van der Waals surface area (Å²) < 4.78 is 0.879. The molecular weight excluding hydrogens is 394 g/mol. The van der Waals surface area contributed by atoms with Crippen molar-refractivity contribution >= 4 is 60.8 Å². The van der Waals surface area contributed by atoms with Gasteiger partial charge in [0.05, 0.1) is 10.4 Å². The fraction of sp³-hybridized carbons (Fsp3) is 0.211. The minimum Gasteiger partial charge on any atom is -0.477 e. The summed E-state index contributed by atoms with van der Waals surface area (Å²) in [5.41, 5.74) is 1.59. The smallest absolute Gasteiger partial charge is 0.346 e. The number of benzene rings is 1. The van der Waals surface area contributed by atoms with Crippen molar-refractivity contribution in [1.82, 2.24) is 4.98 Å². The Labute approximate surface area is 169 Å². The van der Waals surface area contributed by atoms with Gasteiger partial charge >= 0.3 is 5.97 Å². The molecule has 0 amide bonds. The van der Waals surface area contributed by atoms with Crippen molar-refractivity contribution in [3.05, 3.63) is 40.8 Å². The average molecular weight is 412 g/mol. The van der Waals surface area contributed by atoms with E-state index < -0.39 is 5.97 Å².